The van der Waals surface area contributed by atoms with Crippen molar-refractivity contribution in [2.45, 2.75) is 32.8 Å². The summed E-state index contributed by atoms with van der Waals surface area (Å²) < 4.78 is 19.8. The van der Waals surface area contributed by atoms with Gasteiger partial charge in [0.1, 0.15) is 19.3 Å². The number of hydrogen-bond donors (Lipinski definition) is 1. The molecule has 0 aromatic carbocycles. The van der Waals surface area contributed by atoms with Gasteiger partial charge in [-0.2, -0.15) is 0 Å². The Balaban J connectivity index is 3.30. The number of hydrogen-bond acceptors (Lipinski definition) is 7. The Morgan fingerprint density at radius 2 is 1.25 bits per heavy atom. The quantitative estimate of drug-likeness (QED) is 0.408. The summed E-state index contributed by atoms with van der Waals surface area (Å²) in [7, 11) is 0. The standard InChI is InChI=1S/C13H24O7/c1-3-12(15)19-7-5-17-9-11(14)10-18-6-8-20-13(16)4-2/h11,14H,3-10H2,1-2H3. The third-order valence-corrected chi connectivity index (χ3v) is 2.18. The molecule has 0 aromatic heterocycles. The summed E-state index contributed by atoms with van der Waals surface area (Å²) in [5, 5.41) is 9.49. The van der Waals surface area contributed by atoms with Crippen molar-refractivity contribution in [3.05, 3.63) is 0 Å². The summed E-state index contributed by atoms with van der Waals surface area (Å²) >= 11 is 0. The van der Waals surface area contributed by atoms with Crippen molar-refractivity contribution in [2.75, 3.05) is 39.6 Å². The summed E-state index contributed by atoms with van der Waals surface area (Å²) in [6, 6.07) is 0. The van der Waals surface area contributed by atoms with Crippen molar-refractivity contribution < 1.29 is 33.6 Å². The first-order valence-electron chi connectivity index (χ1n) is 6.74. The summed E-state index contributed by atoms with van der Waals surface area (Å²) in [6.45, 7) is 4.43. The Hall–Kier alpha value is -1.18. The van der Waals surface area contributed by atoms with Crippen LogP contribution in [0.15, 0.2) is 0 Å². The van der Waals surface area contributed by atoms with Crippen LogP contribution in [0.5, 0.6) is 0 Å². The zero-order chi connectivity index (χ0) is 15.2. The van der Waals surface area contributed by atoms with Crippen LogP contribution in [-0.4, -0.2) is 62.8 Å². The largest absolute Gasteiger partial charge is 0.463 e. The van der Waals surface area contributed by atoms with Crippen LogP contribution in [0.4, 0.5) is 0 Å². The van der Waals surface area contributed by atoms with E-state index >= 15 is 0 Å². The van der Waals surface area contributed by atoms with Gasteiger partial charge >= 0.3 is 11.9 Å². The molecule has 0 aromatic rings. The summed E-state index contributed by atoms with van der Waals surface area (Å²) in [6.07, 6.45) is -0.100. The number of carbonyl (C=O) groups is 2. The number of aliphatic hydroxyl groups is 1. The lowest BCUT2D eigenvalue weighted by Crippen LogP contribution is -2.24. The first-order chi connectivity index (χ1) is 9.60. The molecule has 0 aliphatic rings. The van der Waals surface area contributed by atoms with Crippen molar-refractivity contribution in [1.82, 2.24) is 0 Å². The van der Waals surface area contributed by atoms with Gasteiger partial charge in [-0.05, 0) is 0 Å². The normalized spacial score (nSPS) is 10.6. The second-order valence-electron chi connectivity index (χ2n) is 3.95. The van der Waals surface area contributed by atoms with E-state index in [0.717, 1.165) is 0 Å². The molecule has 0 spiro atoms. The topological polar surface area (TPSA) is 91.3 Å². The molecule has 0 rings (SSSR count). The van der Waals surface area contributed by atoms with Crippen LogP contribution in [0, 0.1) is 0 Å². The molecule has 0 fully saturated rings. The van der Waals surface area contributed by atoms with Crippen molar-refractivity contribution in [2.24, 2.45) is 0 Å². The van der Waals surface area contributed by atoms with Crippen LogP contribution >= 0.6 is 0 Å². The highest BCUT2D eigenvalue weighted by molar-refractivity contribution is 5.69. The fourth-order valence-corrected chi connectivity index (χ4v) is 1.12. The van der Waals surface area contributed by atoms with Gasteiger partial charge in [-0.25, -0.2) is 0 Å². The fraction of sp³-hybridized carbons (Fsp3) is 0.846. The molecule has 0 aliphatic heterocycles. The molecular formula is C13H24O7. The Morgan fingerprint density at radius 3 is 1.60 bits per heavy atom. The van der Waals surface area contributed by atoms with Crippen molar-refractivity contribution in [3.8, 4) is 0 Å². The van der Waals surface area contributed by atoms with E-state index in [0.29, 0.717) is 12.8 Å². The molecular weight excluding hydrogens is 268 g/mol. The van der Waals surface area contributed by atoms with Gasteiger partial charge in [0.05, 0.1) is 26.4 Å². The lowest BCUT2D eigenvalue weighted by molar-refractivity contribution is -0.145. The van der Waals surface area contributed by atoms with Gasteiger partial charge < -0.3 is 24.1 Å². The minimum atomic E-state index is -0.765. The molecule has 0 saturated carbocycles. The number of carbonyl (C=O) groups excluding carboxylic acids is 2. The van der Waals surface area contributed by atoms with Gasteiger partial charge in [0.25, 0.3) is 0 Å². The van der Waals surface area contributed by atoms with Crippen molar-refractivity contribution in [1.29, 1.82) is 0 Å². The molecule has 0 unspecified atom stereocenters. The van der Waals surface area contributed by atoms with Gasteiger partial charge in [-0.3, -0.25) is 9.59 Å². The average molecular weight is 292 g/mol. The van der Waals surface area contributed by atoms with E-state index in [2.05, 4.69) is 0 Å². The van der Waals surface area contributed by atoms with Crippen molar-refractivity contribution in [3.63, 3.8) is 0 Å². The van der Waals surface area contributed by atoms with Crippen LogP contribution in [0.1, 0.15) is 26.7 Å². The first kappa shape index (κ1) is 18.8. The third-order valence-electron chi connectivity index (χ3n) is 2.18. The number of rotatable bonds is 12. The Bertz CT molecular complexity index is 241. The molecule has 0 saturated heterocycles. The maximum absolute atomic E-state index is 10.8. The van der Waals surface area contributed by atoms with E-state index in [4.69, 9.17) is 18.9 Å². The van der Waals surface area contributed by atoms with Crippen LogP contribution in [-0.2, 0) is 28.5 Å². The molecule has 0 amide bonds. The van der Waals surface area contributed by atoms with Gasteiger partial charge in [0, 0.05) is 12.8 Å². The molecule has 0 atom stereocenters. The predicted octanol–water partition coefficient (Wildman–Crippen LogP) is 0.287. The maximum atomic E-state index is 10.8. The number of esters is 2. The molecule has 0 aliphatic carbocycles. The van der Waals surface area contributed by atoms with Crippen molar-refractivity contribution >= 4 is 11.9 Å². The van der Waals surface area contributed by atoms with E-state index in [-0.39, 0.29) is 51.6 Å². The molecule has 20 heavy (non-hydrogen) atoms. The lowest BCUT2D eigenvalue weighted by atomic mass is 10.4. The Labute approximate surface area is 119 Å². The smallest absolute Gasteiger partial charge is 0.305 e. The lowest BCUT2D eigenvalue weighted by Gasteiger charge is -2.12. The van der Waals surface area contributed by atoms with Crippen LogP contribution in [0.3, 0.4) is 0 Å². The summed E-state index contributed by atoms with van der Waals surface area (Å²) in [4.78, 5) is 21.6. The van der Waals surface area contributed by atoms with E-state index in [9.17, 15) is 14.7 Å². The van der Waals surface area contributed by atoms with E-state index in [1.165, 1.54) is 0 Å². The number of ether oxygens (including phenoxy) is 4. The minimum Gasteiger partial charge on any atom is -0.463 e. The highest BCUT2D eigenvalue weighted by Gasteiger charge is 2.05. The van der Waals surface area contributed by atoms with Crippen LogP contribution < -0.4 is 0 Å². The first-order valence-corrected chi connectivity index (χ1v) is 6.74. The number of aliphatic hydroxyl groups excluding tert-OH is 1. The monoisotopic (exact) mass is 292 g/mol. The van der Waals surface area contributed by atoms with E-state index in [1.54, 1.807) is 13.8 Å². The zero-order valence-electron chi connectivity index (χ0n) is 12.1. The summed E-state index contributed by atoms with van der Waals surface area (Å²) in [5.74, 6) is -0.557. The Kier molecular flexibility index (Phi) is 12.1. The highest BCUT2D eigenvalue weighted by atomic mass is 16.6. The van der Waals surface area contributed by atoms with Crippen LogP contribution in [0.2, 0.25) is 0 Å². The molecule has 0 heterocycles. The van der Waals surface area contributed by atoms with E-state index < -0.39 is 6.10 Å². The maximum Gasteiger partial charge on any atom is 0.305 e. The fourth-order valence-electron chi connectivity index (χ4n) is 1.12. The average Bonchev–Trinajstić information content (AvgIpc) is 2.45. The zero-order valence-corrected chi connectivity index (χ0v) is 12.1. The van der Waals surface area contributed by atoms with Gasteiger partial charge in [0.15, 0.2) is 0 Å². The molecule has 1 N–H and O–H groups in total. The molecule has 118 valence electrons. The highest BCUT2D eigenvalue weighted by Crippen LogP contribution is 1.91. The minimum absolute atomic E-state index is 0.0957. The summed E-state index contributed by atoms with van der Waals surface area (Å²) in [5.41, 5.74) is 0. The molecule has 0 bridgehead atoms. The SMILES string of the molecule is CCC(=O)OCCOCC(O)COCCOC(=O)CC. The van der Waals surface area contributed by atoms with E-state index in [1.807, 2.05) is 0 Å². The predicted molar refractivity (Wildman–Crippen MR) is 70.1 cm³/mol. The van der Waals surface area contributed by atoms with Crippen LogP contribution in [0.25, 0.3) is 0 Å². The molecule has 0 radical (unpaired) electrons. The van der Waals surface area contributed by atoms with Gasteiger partial charge in [-0.15, -0.1) is 0 Å². The Morgan fingerprint density at radius 1 is 0.850 bits per heavy atom. The molecule has 7 heteroatoms. The van der Waals surface area contributed by atoms with Gasteiger partial charge in [-0.1, -0.05) is 13.8 Å². The second-order valence-corrected chi connectivity index (χ2v) is 3.95. The second kappa shape index (κ2) is 12.8. The third kappa shape index (κ3) is 11.9. The molecule has 7 nitrogen and oxygen atoms in total. The van der Waals surface area contributed by atoms with Gasteiger partial charge in [0.2, 0.25) is 0 Å².